The second kappa shape index (κ2) is 7.63. The zero-order valence-electron chi connectivity index (χ0n) is 13.4. The lowest BCUT2D eigenvalue weighted by Gasteiger charge is -2.10. The molecule has 6 nitrogen and oxygen atoms in total. The molecule has 0 bridgehead atoms. The average molecular weight is 355 g/mol. The Hall–Kier alpha value is -3.12. The van der Waals surface area contributed by atoms with E-state index < -0.39 is 0 Å². The van der Waals surface area contributed by atoms with Gasteiger partial charge in [-0.05, 0) is 30.3 Å². The molecule has 7 heteroatoms. The number of halogens is 1. The van der Waals surface area contributed by atoms with Gasteiger partial charge in [-0.1, -0.05) is 29.8 Å². The zero-order chi connectivity index (χ0) is 17.6. The highest BCUT2D eigenvalue weighted by molar-refractivity contribution is 6.30. The van der Waals surface area contributed by atoms with Crippen LogP contribution in [0.1, 0.15) is 10.5 Å². The molecular formula is C18H15ClN4O2. The van der Waals surface area contributed by atoms with Crippen LogP contribution < -0.4 is 15.4 Å². The maximum absolute atomic E-state index is 12.3. The van der Waals surface area contributed by atoms with Crippen LogP contribution in [0.4, 0.5) is 17.2 Å². The van der Waals surface area contributed by atoms with Crippen molar-refractivity contribution in [3.63, 3.8) is 0 Å². The van der Waals surface area contributed by atoms with Crippen LogP contribution >= 0.6 is 11.6 Å². The third-order valence-corrected chi connectivity index (χ3v) is 3.57. The van der Waals surface area contributed by atoms with E-state index in [1.807, 2.05) is 24.3 Å². The fourth-order valence-electron chi connectivity index (χ4n) is 2.16. The summed E-state index contributed by atoms with van der Waals surface area (Å²) in [5, 5.41) is 6.44. The number of nitrogens with one attached hydrogen (secondary N) is 2. The number of aromatic nitrogens is 2. The first-order chi connectivity index (χ1) is 12.2. The second-order valence-electron chi connectivity index (χ2n) is 5.08. The van der Waals surface area contributed by atoms with Crippen molar-refractivity contribution in [1.29, 1.82) is 0 Å². The van der Waals surface area contributed by atoms with Gasteiger partial charge in [0.1, 0.15) is 17.3 Å². The van der Waals surface area contributed by atoms with Crippen LogP contribution in [0.2, 0.25) is 5.02 Å². The summed E-state index contributed by atoms with van der Waals surface area (Å²) in [6.07, 6.45) is 2.88. The standard InChI is InChI=1S/C18H15ClN4O2/c1-25-16-8-3-2-7-14(16)23-18(24)15-10-21-17(11-20-15)22-13-6-4-5-12(19)9-13/h2-11H,1H3,(H,21,22)(H,23,24). The van der Waals surface area contributed by atoms with Crippen molar-refractivity contribution >= 4 is 34.7 Å². The summed E-state index contributed by atoms with van der Waals surface area (Å²) in [5.41, 5.74) is 1.55. The van der Waals surface area contributed by atoms with Gasteiger partial charge in [0.15, 0.2) is 0 Å². The van der Waals surface area contributed by atoms with Gasteiger partial charge in [-0.3, -0.25) is 4.79 Å². The van der Waals surface area contributed by atoms with Gasteiger partial charge >= 0.3 is 0 Å². The molecule has 1 heterocycles. The minimum absolute atomic E-state index is 0.197. The molecule has 126 valence electrons. The highest BCUT2D eigenvalue weighted by Crippen LogP contribution is 2.23. The number of rotatable bonds is 5. The second-order valence-corrected chi connectivity index (χ2v) is 5.51. The molecule has 0 radical (unpaired) electrons. The number of amides is 1. The third-order valence-electron chi connectivity index (χ3n) is 3.34. The number of benzene rings is 2. The SMILES string of the molecule is COc1ccccc1NC(=O)c1cnc(Nc2cccc(Cl)c2)cn1. The van der Waals surface area contributed by atoms with Crippen molar-refractivity contribution in [2.75, 3.05) is 17.7 Å². The van der Waals surface area contributed by atoms with Crippen molar-refractivity contribution in [1.82, 2.24) is 9.97 Å². The average Bonchev–Trinajstić information content (AvgIpc) is 2.63. The summed E-state index contributed by atoms with van der Waals surface area (Å²) in [4.78, 5) is 20.6. The number of carbonyl (C=O) groups excluding carboxylic acids is 1. The summed E-state index contributed by atoms with van der Waals surface area (Å²) in [6.45, 7) is 0. The maximum Gasteiger partial charge on any atom is 0.275 e. The van der Waals surface area contributed by atoms with Crippen LogP contribution in [0, 0.1) is 0 Å². The van der Waals surface area contributed by atoms with Crippen LogP contribution in [0.5, 0.6) is 5.75 Å². The number of para-hydroxylation sites is 2. The largest absolute Gasteiger partial charge is 0.495 e. The number of hydrogen-bond acceptors (Lipinski definition) is 5. The van der Waals surface area contributed by atoms with Gasteiger partial charge in [-0.2, -0.15) is 0 Å². The summed E-state index contributed by atoms with van der Waals surface area (Å²) < 4.78 is 5.21. The molecule has 0 aliphatic heterocycles. The van der Waals surface area contributed by atoms with Crippen molar-refractivity contribution in [3.05, 3.63) is 71.6 Å². The fraction of sp³-hybridized carbons (Fsp3) is 0.0556. The van der Waals surface area contributed by atoms with Crippen LogP contribution in [0.25, 0.3) is 0 Å². The molecule has 1 aromatic heterocycles. The van der Waals surface area contributed by atoms with Crippen molar-refractivity contribution in [3.8, 4) is 5.75 Å². The smallest absolute Gasteiger partial charge is 0.275 e. The molecule has 1 amide bonds. The predicted octanol–water partition coefficient (Wildman–Crippen LogP) is 4.13. The van der Waals surface area contributed by atoms with E-state index in [9.17, 15) is 4.79 Å². The van der Waals surface area contributed by atoms with Gasteiger partial charge in [0, 0.05) is 10.7 Å². The molecule has 0 unspecified atom stereocenters. The first-order valence-electron chi connectivity index (χ1n) is 7.45. The molecule has 3 aromatic rings. The van der Waals surface area contributed by atoms with Gasteiger partial charge in [0.25, 0.3) is 5.91 Å². The normalized spacial score (nSPS) is 10.2. The lowest BCUT2D eigenvalue weighted by Crippen LogP contribution is -2.14. The number of anilines is 3. The molecule has 0 fully saturated rings. The van der Waals surface area contributed by atoms with E-state index in [0.717, 1.165) is 5.69 Å². The Morgan fingerprint density at radius 2 is 1.92 bits per heavy atom. The lowest BCUT2D eigenvalue weighted by atomic mass is 10.3. The van der Waals surface area contributed by atoms with Crippen LogP contribution in [0.3, 0.4) is 0 Å². The summed E-state index contributed by atoms with van der Waals surface area (Å²) in [7, 11) is 1.54. The third kappa shape index (κ3) is 4.24. The summed E-state index contributed by atoms with van der Waals surface area (Å²) in [6, 6.07) is 14.4. The molecule has 0 atom stereocenters. The number of nitrogens with zero attached hydrogens (tertiary/aromatic N) is 2. The maximum atomic E-state index is 12.3. The number of carbonyl (C=O) groups is 1. The Bertz CT molecular complexity index is 884. The van der Waals surface area contributed by atoms with E-state index in [1.54, 1.807) is 31.4 Å². The number of ether oxygens (including phenoxy) is 1. The first kappa shape index (κ1) is 16.7. The Morgan fingerprint density at radius 3 is 2.64 bits per heavy atom. The van der Waals surface area contributed by atoms with E-state index in [4.69, 9.17) is 16.3 Å². The minimum Gasteiger partial charge on any atom is -0.495 e. The Balaban J connectivity index is 1.70. The summed E-state index contributed by atoms with van der Waals surface area (Å²) in [5.74, 6) is 0.713. The molecule has 0 aliphatic rings. The highest BCUT2D eigenvalue weighted by Gasteiger charge is 2.11. The minimum atomic E-state index is -0.369. The van der Waals surface area contributed by atoms with E-state index >= 15 is 0 Å². The van der Waals surface area contributed by atoms with E-state index in [-0.39, 0.29) is 11.6 Å². The van der Waals surface area contributed by atoms with E-state index in [0.29, 0.717) is 22.3 Å². The Labute approximate surface area is 149 Å². The molecule has 0 spiro atoms. The first-order valence-corrected chi connectivity index (χ1v) is 7.82. The molecular weight excluding hydrogens is 340 g/mol. The fourth-order valence-corrected chi connectivity index (χ4v) is 2.35. The lowest BCUT2D eigenvalue weighted by molar-refractivity contribution is 0.102. The van der Waals surface area contributed by atoms with Crippen LogP contribution in [0.15, 0.2) is 60.9 Å². The highest BCUT2D eigenvalue weighted by atomic mass is 35.5. The quantitative estimate of drug-likeness (QED) is 0.720. The van der Waals surface area contributed by atoms with Crippen LogP contribution in [-0.2, 0) is 0 Å². The number of hydrogen-bond donors (Lipinski definition) is 2. The van der Waals surface area contributed by atoms with Crippen LogP contribution in [-0.4, -0.2) is 23.0 Å². The van der Waals surface area contributed by atoms with Crippen molar-refractivity contribution < 1.29 is 9.53 Å². The number of methoxy groups -OCH3 is 1. The van der Waals surface area contributed by atoms with Gasteiger partial charge in [-0.25, -0.2) is 9.97 Å². The molecule has 2 N–H and O–H groups in total. The van der Waals surface area contributed by atoms with Gasteiger partial charge in [0.2, 0.25) is 0 Å². The zero-order valence-corrected chi connectivity index (χ0v) is 14.1. The topological polar surface area (TPSA) is 76.1 Å². The molecule has 3 rings (SSSR count). The van der Waals surface area contributed by atoms with Gasteiger partial charge < -0.3 is 15.4 Å². The molecule has 0 saturated heterocycles. The van der Waals surface area contributed by atoms with E-state index in [2.05, 4.69) is 20.6 Å². The van der Waals surface area contributed by atoms with E-state index in [1.165, 1.54) is 12.4 Å². The van der Waals surface area contributed by atoms with Gasteiger partial charge in [-0.15, -0.1) is 0 Å². The predicted molar refractivity (Wildman–Crippen MR) is 97.7 cm³/mol. The monoisotopic (exact) mass is 354 g/mol. The molecule has 0 aliphatic carbocycles. The van der Waals surface area contributed by atoms with Gasteiger partial charge in [0.05, 0.1) is 25.2 Å². The summed E-state index contributed by atoms with van der Waals surface area (Å²) >= 11 is 5.94. The molecule has 25 heavy (non-hydrogen) atoms. The van der Waals surface area contributed by atoms with Crippen molar-refractivity contribution in [2.45, 2.75) is 0 Å². The Kier molecular flexibility index (Phi) is 5.11. The molecule has 2 aromatic carbocycles. The Morgan fingerprint density at radius 1 is 1.08 bits per heavy atom. The van der Waals surface area contributed by atoms with Crippen molar-refractivity contribution in [2.24, 2.45) is 0 Å². The molecule has 0 saturated carbocycles.